The number of alkyl halides is 4. The van der Waals surface area contributed by atoms with Crippen LogP contribution in [-0.2, 0) is 0 Å². The Bertz CT molecular complexity index is 1210. The predicted octanol–water partition coefficient (Wildman–Crippen LogP) is 4.86. The Hall–Kier alpha value is -3.76. The van der Waals surface area contributed by atoms with Gasteiger partial charge in [0.05, 0.1) is 6.04 Å². The number of hydrogen-bond donors (Lipinski definition) is 2. The van der Waals surface area contributed by atoms with Crippen LogP contribution >= 0.6 is 0 Å². The lowest BCUT2D eigenvalue weighted by molar-refractivity contribution is -0.153. The highest BCUT2D eigenvalue weighted by Gasteiger charge is 2.33. The van der Waals surface area contributed by atoms with Gasteiger partial charge in [-0.3, -0.25) is 4.79 Å². The Morgan fingerprint density at radius 2 is 1.88 bits per heavy atom. The molecule has 1 fully saturated rings. The summed E-state index contributed by atoms with van der Waals surface area (Å²) in [5.74, 6) is -0.884. The Balaban J connectivity index is 1.61. The van der Waals surface area contributed by atoms with Gasteiger partial charge >= 0.3 is 12.3 Å². The van der Waals surface area contributed by atoms with E-state index in [1.54, 1.807) is 30.3 Å². The van der Waals surface area contributed by atoms with Gasteiger partial charge in [0.1, 0.15) is 17.5 Å². The molecule has 3 aromatic rings. The number of furan rings is 1. The van der Waals surface area contributed by atoms with Crippen molar-refractivity contribution in [2.75, 3.05) is 19.7 Å². The number of benzene rings is 2. The predicted molar refractivity (Wildman–Crippen MR) is 114 cm³/mol. The lowest BCUT2D eigenvalue weighted by Crippen LogP contribution is -2.54. The summed E-state index contributed by atoms with van der Waals surface area (Å²) in [6, 6.07) is 11.4. The second-order valence-corrected chi connectivity index (χ2v) is 7.85. The molecule has 0 spiro atoms. The number of nitrogens with zero attached hydrogens (tertiary/aromatic N) is 1. The molecule has 1 aliphatic rings. The number of carbonyl (C=O) groups excluding carboxylic acids is 1. The molecule has 34 heavy (non-hydrogen) atoms. The quantitative estimate of drug-likeness (QED) is 0.509. The zero-order chi connectivity index (χ0) is 24.5. The van der Waals surface area contributed by atoms with Crippen molar-refractivity contribution in [3.63, 3.8) is 0 Å². The minimum absolute atomic E-state index is 0.00837. The van der Waals surface area contributed by atoms with Crippen molar-refractivity contribution in [1.29, 1.82) is 0 Å². The zero-order valence-electron chi connectivity index (χ0n) is 17.6. The Morgan fingerprint density at radius 3 is 2.62 bits per heavy atom. The third-order valence-electron chi connectivity index (χ3n) is 5.45. The lowest BCUT2D eigenvalue weighted by atomic mass is 10.0. The maximum absolute atomic E-state index is 14.3. The minimum Gasteiger partial charge on any atom is -0.483 e. The molecule has 1 aliphatic heterocycles. The van der Waals surface area contributed by atoms with E-state index < -0.39 is 37.0 Å². The number of carbonyl (C=O) groups is 2. The molecular formula is C23H20F4N2O5. The van der Waals surface area contributed by atoms with Crippen molar-refractivity contribution in [1.82, 2.24) is 10.2 Å². The van der Waals surface area contributed by atoms with Crippen molar-refractivity contribution < 1.29 is 41.4 Å². The normalized spacial score (nSPS) is 18.6. The molecule has 4 rings (SSSR count). The molecule has 0 aliphatic carbocycles. The van der Waals surface area contributed by atoms with Crippen LogP contribution in [0.4, 0.5) is 22.4 Å². The van der Waals surface area contributed by atoms with E-state index in [0.717, 1.165) is 4.90 Å². The number of likely N-dealkylation sites (tertiary alicyclic amines) is 1. The molecule has 11 heteroatoms. The average Bonchev–Trinajstić information content (AvgIpc) is 3.23. The number of carboxylic acid groups (broad SMARTS) is 1. The van der Waals surface area contributed by atoms with Crippen LogP contribution in [0.25, 0.3) is 22.1 Å². The average molecular weight is 480 g/mol. The highest BCUT2D eigenvalue weighted by Crippen LogP contribution is 2.37. The van der Waals surface area contributed by atoms with E-state index in [1.165, 1.54) is 18.2 Å². The maximum atomic E-state index is 14.3. The number of halogens is 4. The molecule has 0 saturated carbocycles. The van der Waals surface area contributed by atoms with Gasteiger partial charge in [-0.05, 0) is 18.6 Å². The third kappa shape index (κ3) is 5.08. The van der Waals surface area contributed by atoms with Gasteiger partial charge in [0, 0.05) is 29.6 Å². The first-order chi connectivity index (χ1) is 16.1. The number of amides is 2. The second-order valence-electron chi connectivity index (χ2n) is 7.85. The summed E-state index contributed by atoms with van der Waals surface area (Å²) >= 11 is 0. The minimum atomic E-state index is -4.52. The zero-order valence-corrected chi connectivity index (χ0v) is 17.6. The summed E-state index contributed by atoms with van der Waals surface area (Å²) < 4.78 is 63.0. The summed E-state index contributed by atoms with van der Waals surface area (Å²) in [5.41, 5.74) is 0.989. The SMILES string of the molecule is O=C(NC1CN(C(=O)O)CCC1F)c1cc2cccc(-c3ccccc3OCC(F)(F)F)c2o1. The van der Waals surface area contributed by atoms with Crippen LogP contribution in [0, 0.1) is 0 Å². The van der Waals surface area contributed by atoms with Crippen molar-refractivity contribution in [2.24, 2.45) is 0 Å². The molecule has 180 valence electrons. The van der Waals surface area contributed by atoms with Crippen molar-refractivity contribution in [2.45, 2.75) is 24.8 Å². The van der Waals surface area contributed by atoms with Gasteiger partial charge in [-0.1, -0.05) is 36.4 Å². The number of para-hydroxylation sites is 2. The number of fused-ring (bicyclic) bond motifs is 1. The van der Waals surface area contributed by atoms with Gasteiger partial charge in [-0.2, -0.15) is 13.2 Å². The first-order valence-corrected chi connectivity index (χ1v) is 10.4. The van der Waals surface area contributed by atoms with E-state index in [2.05, 4.69) is 5.32 Å². The summed E-state index contributed by atoms with van der Waals surface area (Å²) in [6.07, 6.45) is -7.18. The summed E-state index contributed by atoms with van der Waals surface area (Å²) in [6.45, 7) is -1.63. The van der Waals surface area contributed by atoms with Crippen LogP contribution in [0.15, 0.2) is 52.9 Å². The number of piperidine rings is 1. The molecule has 7 nitrogen and oxygen atoms in total. The second kappa shape index (κ2) is 9.24. The number of ether oxygens (including phenoxy) is 1. The lowest BCUT2D eigenvalue weighted by Gasteiger charge is -2.33. The molecule has 1 aromatic heterocycles. The van der Waals surface area contributed by atoms with Crippen molar-refractivity contribution >= 4 is 23.0 Å². The summed E-state index contributed by atoms with van der Waals surface area (Å²) in [4.78, 5) is 24.9. The largest absolute Gasteiger partial charge is 0.483 e. The standard InChI is InChI=1S/C23H20F4N2O5/c24-16-8-9-29(22(31)32)11-17(16)28-21(30)19-10-13-4-3-6-15(20(13)34-19)14-5-1-2-7-18(14)33-12-23(25,26)27/h1-7,10,16-17H,8-9,11-12H2,(H,28,30)(H,31,32). The molecule has 2 unspecified atom stereocenters. The highest BCUT2D eigenvalue weighted by molar-refractivity contribution is 6.00. The fourth-order valence-corrected chi connectivity index (χ4v) is 3.83. The van der Waals surface area contributed by atoms with Crippen LogP contribution in [-0.4, -0.2) is 60.1 Å². The van der Waals surface area contributed by atoms with E-state index in [-0.39, 0.29) is 36.6 Å². The Morgan fingerprint density at radius 1 is 1.15 bits per heavy atom. The first-order valence-electron chi connectivity index (χ1n) is 10.4. The summed E-state index contributed by atoms with van der Waals surface area (Å²) in [5, 5.41) is 12.1. The van der Waals surface area contributed by atoms with E-state index >= 15 is 0 Å². The topological polar surface area (TPSA) is 92.0 Å². The molecule has 0 bridgehead atoms. The number of rotatable bonds is 5. The fourth-order valence-electron chi connectivity index (χ4n) is 3.83. The summed E-state index contributed by atoms with van der Waals surface area (Å²) in [7, 11) is 0. The van der Waals surface area contributed by atoms with Crippen LogP contribution in [0.1, 0.15) is 17.0 Å². The molecule has 0 radical (unpaired) electrons. The van der Waals surface area contributed by atoms with Crippen LogP contribution in [0.5, 0.6) is 5.75 Å². The smallest absolute Gasteiger partial charge is 0.422 e. The van der Waals surface area contributed by atoms with Crippen molar-refractivity contribution in [3.05, 3.63) is 54.3 Å². The van der Waals surface area contributed by atoms with Crippen molar-refractivity contribution in [3.8, 4) is 16.9 Å². The maximum Gasteiger partial charge on any atom is 0.422 e. The molecule has 2 heterocycles. The molecule has 2 amide bonds. The van der Waals surface area contributed by atoms with Crippen LogP contribution in [0.3, 0.4) is 0 Å². The monoisotopic (exact) mass is 480 g/mol. The van der Waals surface area contributed by atoms with Gasteiger partial charge in [-0.25, -0.2) is 9.18 Å². The first kappa shape index (κ1) is 23.4. The van der Waals surface area contributed by atoms with Gasteiger partial charge in [-0.15, -0.1) is 0 Å². The number of nitrogens with one attached hydrogen (secondary N) is 1. The van der Waals surface area contributed by atoms with Gasteiger partial charge in [0.2, 0.25) is 0 Å². The number of hydrogen-bond acceptors (Lipinski definition) is 4. The molecule has 2 atom stereocenters. The van der Waals surface area contributed by atoms with Gasteiger partial charge in [0.15, 0.2) is 12.4 Å². The van der Waals surface area contributed by atoms with E-state index in [4.69, 9.17) is 14.3 Å². The van der Waals surface area contributed by atoms with E-state index in [1.807, 2.05) is 0 Å². The van der Waals surface area contributed by atoms with Gasteiger partial charge in [0.25, 0.3) is 5.91 Å². The Labute approximate surface area is 190 Å². The molecule has 1 saturated heterocycles. The Kier molecular flexibility index (Phi) is 6.36. The molecule has 2 N–H and O–H groups in total. The van der Waals surface area contributed by atoms with E-state index in [9.17, 15) is 27.2 Å². The fraction of sp³-hybridized carbons (Fsp3) is 0.304. The highest BCUT2D eigenvalue weighted by atomic mass is 19.4. The molecule has 2 aromatic carbocycles. The van der Waals surface area contributed by atoms with Crippen LogP contribution < -0.4 is 10.1 Å². The van der Waals surface area contributed by atoms with Gasteiger partial charge < -0.3 is 24.5 Å². The third-order valence-corrected chi connectivity index (χ3v) is 5.45. The van der Waals surface area contributed by atoms with Crippen LogP contribution in [0.2, 0.25) is 0 Å². The van der Waals surface area contributed by atoms with E-state index in [0.29, 0.717) is 16.5 Å². The molecular weight excluding hydrogens is 460 g/mol.